The first kappa shape index (κ1) is 11.8. The fourth-order valence-corrected chi connectivity index (χ4v) is 1.53. The molecule has 1 amide bonds. The molecule has 0 unspecified atom stereocenters. The zero-order valence-electron chi connectivity index (χ0n) is 8.74. The molecule has 0 aliphatic carbocycles. The summed E-state index contributed by atoms with van der Waals surface area (Å²) in [5.41, 5.74) is 1.03. The Morgan fingerprint density at radius 3 is 2.87 bits per heavy atom. The molecule has 0 fully saturated rings. The SMILES string of the molecule is C=CCN(Cc1cccc(Cl)c1)C(C)=O. The highest BCUT2D eigenvalue weighted by Gasteiger charge is 2.07. The van der Waals surface area contributed by atoms with Crippen LogP contribution in [0.4, 0.5) is 0 Å². The van der Waals surface area contributed by atoms with Gasteiger partial charge in [0.25, 0.3) is 0 Å². The van der Waals surface area contributed by atoms with Gasteiger partial charge >= 0.3 is 0 Å². The molecule has 0 heterocycles. The van der Waals surface area contributed by atoms with Crippen LogP contribution in [0.5, 0.6) is 0 Å². The molecule has 0 N–H and O–H groups in total. The molecule has 0 saturated carbocycles. The summed E-state index contributed by atoms with van der Waals surface area (Å²) in [7, 11) is 0. The molecule has 3 heteroatoms. The predicted molar refractivity (Wildman–Crippen MR) is 62.7 cm³/mol. The molecule has 15 heavy (non-hydrogen) atoms. The predicted octanol–water partition coefficient (Wildman–Crippen LogP) is 2.87. The van der Waals surface area contributed by atoms with Crippen LogP contribution in [0.2, 0.25) is 5.02 Å². The van der Waals surface area contributed by atoms with Crippen molar-refractivity contribution in [2.45, 2.75) is 13.5 Å². The number of hydrogen-bond donors (Lipinski definition) is 0. The Bertz CT molecular complexity index is 362. The van der Waals surface area contributed by atoms with Gasteiger partial charge in [-0.2, -0.15) is 0 Å². The zero-order valence-corrected chi connectivity index (χ0v) is 9.50. The molecular formula is C12H14ClNO. The fourth-order valence-electron chi connectivity index (χ4n) is 1.32. The molecule has 0 spiro atoms. The Kier molecular flexibility index (Phi) is 4.37. The van der Waals surface area contributed by atoms with Crippen LogP contribution in [0.15, 0.2) is 36.9 Å². The van der Waals surface area contributed by atoms with Crippen molar-refractivity contribution in [3.05, 3.63) is 47.5 Å². The highest BCUT2D eigenvalue weighted by Crippen LogP contribution is 2.12. The number of halogens is 1. The van der Waals surface area contributed by atoms with E-state index in [1.807, 2.05) is 24.3 Å². The Balaban J connectivity index is 2.73. The average Bonchev–Trinajstić information content (AvgIpc) is 2.17. The smallest absolute Gasteiger partial charge is 0.220 e. The summed E-state index contributed by atoms with van der Waals surface area (Å²) in [4.78, 5) is 13.0. The molecule has 0 aromatic heterocycles. The summed E-state index contributed by atoms with van der Waals surface area (Å²) < 4.78 is 0. The van der Waals surface area contributed by atoms with E-state index in [4.69, 9.17) is 11.6 Å². The van der Waals surface area contributed by atoms with Crippen molar-refractivity contribution in [2.75, 3.05) is 6.54 Å². The molecule has 1 rings (SSSR count). The van der Waals surface area contributed by atoms with E-state index in [9.17, 15) is 4.79 Å². The van der Waals surface area contributed by atoms with E-state index in [0.29, 0.717) is 18.1 Å². The molecule has 1 aromatic rings. The molecular weight excluding hydrogens is 210 g/mol. The first-order valence-corrected chi connectivity index (χ1v) is 5.12. The topological polar surface area (TPSA) is 20.3 Å². The molecule has 2 nitrogen and oxygen atoms in total. The zero-order chi connectivity index (χ0) is 11.3. The van der Waals surface area contributed by atoms with E-state index >= 15 is 0 Å². The second-order valence-electron chi connectivity index (χ2n) is 3.32. The van der Waals surface area contributed by atoms with Crippen molar-refractivity contribution in [3.63, 3.8) is 0 Å². The lowest BCUT2D eigenvalue weighted by Crippen LogP contribution is -2.28. The van der Waals surface area contributed by atoms with Crippen molar-refractivity contribution in [1.82, 2.24) is 4.90 Å². The minimum absolute atomic E-state index is 0.0369. The fraction of sp³-hybridized carbons (Fsp3) is 0.250. The van der Waals surface area contributed by atoms with Gasteiger partial charge < -0.3 is 4.90 Å². The van der Waals surface area contributed by atoms with Gasteiger partial charge in [-0.3, -0.25) is 4.79 Å². The van der Waals surface area contributed by atoms with Crippen molar-refractivity contribution in [3.8, 4) is 0 Å². The number of benzene rings is 1. The van der Waals surface area contributed by atoms with Crippen LogP contribution in [0.25, 0.3) is 0 Å². The molecule has 80 valence electrons. The molecule has 0 aliphatic rings. The Morgan fingerprint density at radius 2 is 2.33 bits per heavy atom. The molecule has 0 bridgehead atoms. The number of nitrogens with zero attached hydrogens (tertiary/aromatic N) is 1. The van der Waals surface area contributed by atoms with Gasteiger partial charge in [-0.1, -0.05) is 29.8 Å². The third-order valence-electron chi connectivity index (χ3n) is 2.06. The summed E-state index contributed by atoms with van der Waals surface area (Å²) in [6, 6.07) is 7.51. The second-order valence-corrected chi connectivity index (χ2v) is 3.75. The van der Waals surface area contributed by atoms with Gasteiger partial charge in [0.05, 0.1) is 0 Å². The number of carbonyl (C=O) groups excluding carboxylic acids is 1. The first-order valence-electron chi connectivity index (χ1n) is 4.74. The minimum atomic E-state index is 0.0369. The van der Waals surface area contributed by atoms with Crippen LogP contribution >= 0.6 is 11.6 Å². The average molecular weight is 224 g/mol. The van der Waals surface area contributed by atoms with Crippen LogP contribution in [0.3, 0.4) is 0 Å². The van der Waals surface area contributed by atoms with Crippen molar-refractivity contribution in [1.29, 1.82) is 0 Å². The van der Waals surface area contributed by atoms with E-state index in [-0.39, 0.29) is 5.91 Å². The molecule has 0 saturated heterocycles. The van der Waals surface area contributed by atoms with E-state index < -0.39 is 0 Å². The van der Waals surface area contributed by atoms with Crippen molar-refractivity contribution < 1.29 is 4.79 Å². The third kappa shape index (κ3) is 3.76. The van der Waals surface area contributed by atoms with E-state index in [2.05, 4.69) is 6.58 Å². The van der Waals surface area contributed by atoms with Crippen LogP contribution in [-0.4, -0.2) is 17.4 Å². The molecule has 1 aromatic carbocycles. The number of rotatable bonds is 4. The highest BCUT2D eigenvalue weighted by molar-refractivity contribution is 6.30. The lowest BCUT2D eigenvalue weighted by atomic mass is 10.2. The number of carbonyl (C=O) groups is 1. The largest absolute Gasteiger partial charge is 0.335 e. The first-order chi connectivity index (χ1) is 7.13. The maximum absolute atomic E-state index is 11.3. The van der Waals surface area contributed by atoms with Gasteiger partial charge in [-0.05, 0) is 17.7 Å². The Morgan fingerprint density at radius 1 is 1.60 bits per heavy atom. The summed E-state index contributed by atoms with van der Waals surface area (Å²) in [6.45, 7) is 6.30. The van der Waals surface area contributed by atoms with Crippen LogP contribution in [-0.2, 0) is 11.3 Å². The summed E-state index contributed by atoms with van der Waals surface area (Å²) in [5.74, 6) is 0.0369. The lowest BCUT2D eigenvalue weighted by Gasteiger charge is -2.19. The highest BCUT2D eigenvalue weighted by atomic mass is 35.5. The van der Waals surface area contributed by atoms with Crippen LogP contribution < -0.4 is 0 Å². The number of hydrogen-bond acceptors (Lipinski definition) is 1. The van der Waals surface area contributed by atoms with Gasteiger partial charge in [-0.15, -0.1) is 6.58 Å². The summed E-state index contributed by atoms with van der Waals surface area (Å²) in [6.07, 6.45) is 1.71. The monoisotopic (exact) mass is 223 g/mol. The van der Waals surface area contributed by atoms with Crippen molar-refractivity contribution >= 4 is 17.5 Å². The molecule has 0 radical (unpaired) electrons. The van der Waals surface area contributed by atoms with Gasteiger partial charge in [0, 0.05) is 25.0 Å². The summed E-state index contributed by atoms with van der Waals surface area (Å²) >= 11 is 5.86. The van der Waals surface area contributed by atoms with Gasteiger partial charge in [-0.25, -0.2) is 0 Å². The normalized spacial score (nSPS) is 9.73. The summed E-state index contributed by atoms with van der Waals surface area (Å²) in [5, 5.41) is 0.689. The van der Waals surface area contributed by atoms with E-state index in [1.165, 1.54) is 0 Å². The molecule has 0 atom stereocenters. The Labute approximate surface area is 95.2 Å². The third-order valence-corrected chi connectivity index (χ3v) is 2.29. The second kappa shape index (κ2) is 5.56. The lowest BCUT2D eigenvalue weighted by molar-refractivity contribution is -0.128. The molecule has 0 aliphatic heterocycles. The minimum Gasteiger partial charge on any atom is -0.335 e. The van der Waals surface area contributed by atoms with Gasteiger partial charge in [0.15, 0.2) is 0 Å². The van der Waals surface area contributed by atoms with Crippen LogP contribution in [0.1, 0.15) is 12.5 Å². The quantitative estimate of drug-likeness (QED) is 0.719. The Hall–Kier alpha value is -1.28. The number of amides is 1. The maximum Gasteiger partial charge on any atom is 0.220 e. The van der Waals surface area contributed by atoms with Crippen molar-refractivity contribution in [2.24, 2.45) is 0 Å². The van der Waals surface area contributed by atoms with Gasteiger partial charge in [0.1, 0.15) is 0 Å². The standard InChI is InChI=1S/C12H14ClNO/c1-3-7-14(10(2)15)9-11-5-4-6-12(13)8-11/h3-6,8H,1,7,9H2,2H3. The van der Waals surface area contributed by atoms with Gasteiger partial charge in [0.2, 0.25) is 5.91 Å². The van der Waals surface area contributed by atoms with E-state index in [1.54, 1.807) is 17.9 Å². The van der Waals surface area contributed by atoms with E-state index in [0.717, 1.165) is 5.56 Å². The maximum atomic E-state index is 11.3. The van der Waals surface area contributed by atoms with Crippen LogP contribution in [0, 0.1) is 0 Å².